The molecule has 1 spiro atoms. The fraction of sp³-hybridized carbons (Fsp3) is 0.364. The number of ether oxygens (including phenoxy) is 1. The van der Waals surface area contributed by atoms with Crippen LogP contribution in [-0.2, 0) is 4.74 Å². The SMILES string of the molecule is CC1(C)COC(C)(C)C12Nc1ccc3c(c1N2)C(=O)c1ccccc1C3=O. The van der Waals surface area contributed by atoms with Crippen LogP contribution in [0.15, 0.2) is 36.4 Å². The Labute approximate surface area is 158 Å². The molecule has 5 rings (SSSR count). The largest absolute Gasteiger partial charge is 0.370 e. The molecule has 0 saturated carbocycles. The summed E-state index contributed by atoms with van der Waals surface area (Å²) in [7, 11) is 0. The highest BCUT2D eigenvalue weighted by atomic mass is 16.5. The lowest BCUT2D eigenvalue weighted by molar-refractivity contribution is 0.0138. The molecule has 1 fully saturated rings. The van der Waals surface area contributed by atoms with Gasteiger partial charge in [0.1, 0.15) is 11.3 Å². The fourth-order valence-electron chi connectivity index (χ4n) is 4.87. The second-order valence-electron chi connectivity index (χ2n) is 8.80. The molecule has 138 valence electrons. The van der Waals surface area contributed by atoms with Gasteiger partial charge in [0.2, 0.25) is 0 Å². The molecular formula is C22H22N2O3. The van der Waals surface area contributed by atoms with Gasteiger partial charge < -0.3 is 15.4 Å². The minimum Gasteiger partial charge on any atom is -0.370 e. The summed E-state index contributed by atoms with van der Waals surface area (Å²) in [5.74, 6) is -0.218. The van der Waals surface area contributed by atoms with Gasteiger partial charge in [0.05, 0.1) is 23.5 Å². The molecule has 2 aromatic rings. The summed E-state index contributed by atoms with van der Waals surface area (Å²) in [6.45, 7) is 8.96. The Bertz CT molecular complexity index is 1020. The van der Waals surface area contributed by atoms with Crippen molar-refractivity contribution in [1.82, 2.24) is 0 Å². The van der Waals surface area contributed by atoms with Gasteiger partial charge in [0.25, 0.3) is 0 Å². The molecule has 0 bridgehead atoms. The van der Waals surface area contributed by atoms with Gasteiger partial charge in [-0.05, 0) is 26.0 Å². The van der Waals surface area contributed by atoms with Gasteiger partial charge in [0, 0.05) is 22.1 Å². The highest BCUT2D eigenvalue weighted by molar-refractivity contribution is 6.31. The molecule has 3 aliphatic rings. The van der Waals surface area contributed by atoms with Crippen molar-refractivity contribution in [2.45, 2.75) is 39.0 Å². The summed E-state index contributed by atoms with van der Waals surface area (Å²) < 4.78 is 6.10. The summed E-state index contributed by atoms with van der Waals surface area (Å²) >= 11 is 0. The van der Waals surface area contributed by atoms with Crippen molar-refractivity contribution in [1.29, 1.82) is 0 Å². The maximum atomic E-state index is 13.3. The molecule has 1 unspecified atom stereocenters. The maximum absolute atomic E-state index is 13.3. The first-order chi connectivity index (χ1) is 12.7. The van der Waals surface area contributed by atoms with E-state index in [2.05, 4.69) is 24.5 Å². The standard InChI is InChI=1S/C22H22N2O3/c1-20(2)11-27-21(3,4)22(20)23-15-10-9-14-16(17(15)24-22)19(26)13-8-6-5-7-12(13)18(14)25/h5-10,23-24H,11H2,1-4H3. The van der Waals surface area contributed by atoms with Gasteiger partial charge in [-0.1, -0.05) is 38.1 Å². The van der Waals surface area contributed by atoms with Crippen LogP contribution in [0, 0.1) is 5.41 Å². The van der Waals surface area contributed by atoms with Crippen LogP contribution in [0.5, 0.6) is 0 Å². The van der Waals surface area contributed by atoms with Crippen LogP contribution in [0.4, 0.5) is 11.4 Å². The highest BCUT2D eigenvalue weighted by Crippen LogP contribution is 2.55. The summed E-state index contributed by atoms with van der Waals surface area (Å²) in [6, 6.07) is 10.7. The molecule has 2 aromatic carbocycles. The van der Waals surface area contributed by atoms with Crippen molar-refractivity contribution in [3.8, 4) is 0 Å². The van der Waals surface area contributed by atoms with Crippen molar-refractivity contribution in [2.24, 2.45) is 5.41 Å². The van der Waals surface area contributed by atoms with E-state index in [1.54, 1.807) is 30.3 Å². The Morgan fingerprint density at radius 3 is 2.15 bits per heavy atom. The number of carbonyl (C=O) groups excluding carboxylic acids is 2. The number of hydrogen-bond donors (Lipinski definition) is 2. The third-order valence-corrected chi connectivity index (χ3v) is 6.44. The lowest BCUT2D eigenvalue weighted by Gasteiger charge is -2.45. The van der Waals surface area contributed by atoms with E-state index in [1.807, 2.05) is 19.9 Å². The molecule has 2 aliphatic heterocycles. The summed E-state index contributed by atoms with van der Waals surface area (Å²) in [5, 5.41) is 7.19. The molecular weight excluding hydrogens is 340 g/mol. The molecule has 0 radical (unpaired) electrons. The second-order valence-corrected chi connectivity index (χ2v) is 8.80. The van der Waals surface area contributed by atoms with Crippen molar-refractivity contribution in [2.75, 3.05) is 17.2 Å². The molecule has 27 heavy (non-hydrogen) atoms. The van der Waals surface area contributed by atoms with Gasteiger partial charge in [0.15, 0.2) is 11.6 Å². The number of nitrogens with one attached hydrogen (secondary N) is 2. The van der Waals surface area contributed by atoms with Gasteiger partial charge in [-0.2, -0.15) is 0 Å². The van der Waals surface area contributed by atoms with Crippen LogP contribution < -0.4 is 10.6 Å². The highest BCUT2D eigenvalue weighted by Gasteiger charge is 2.64. The first-order valence-corrected chi connectivity index (χ1v) is 9.24. The van der Waals surface area contributed by atoms with Crippen molar-refractivity contribution in [3.63, 3.8) is 0 Å². The molecule has 5 nitrogen and oxygen atoms in total. The van der Waals surface area contributed by atoms with E-state index in [0.29, 0.717) is 34.5 Å². The number of fused-ring (bicyclic) bond motifs is 4. The number of rotatable bonds is 0. The molecule has 1 aliphatic carbocycles. The maximum Gasteiger partial charge on any atom is 0.196 e. The summed E-state index contributed by atoms with van der Waals surface area (Å²) in [4.78, 5) is 26.3. The fourth-order valence-corrected chi connectivity index (χ4v) is 4.87. The topological polar surface area (TPSA) is 67.4 Å². The van der Waals surface area contributed by atoms with Gasteiger partial charge in [-0.15, -0.1) is 0 Å². The number of benzene rings is 2. The van der Waals surface area contributed by atoms with E-state index in [4.69, 9.17) is 4.74 Å². The zero-order chi connectivity index (χ0) is 19.2. The average molecular weight is 362 g/mol. The Balaban J connectivity index is 1.72. The van der Waals surface area contributed by atoms with E-state index in [-0.39, 0.29) is 17.0 Å². The number of carbonyl (C=O) groups is 2. The molecule has 2 N–H and O–H groups in total. The Hall–Kier alpha value is -2.66. The van der Waals surface area contributed by atoms with Crippen molar-refractivity contribution in [3.05, 3.63) is 58.7 Å². The molecule has 1 atom stereocenters. The molecule has 0 aromatic heterocycles. The Kier molecular flexibility index (Phi) is 2.93. The van der Waals surface area contributed by atoms with Crippen LogP contribution in [0.3, 0.4) is 0 Å². The van der Waals surface area contributed by atoms with E-state index in [9.17, 15) is 9.59 Å². The van der Waals surface area contributed by atoms with Crippen LogP contribution in [0.1, 0.15) is 59.5 Å². The predicted octanol–water partition coefficient (Wildman–Crippen LogP) is 3.83. The molecule has 0 amide bonds. The van der Waals surface area contributed by atoms with Crippen molar-refractivity contribution < 1.29 is 14.3 Å². The van der Waals surface area contributed by atoms with Crippen LogP contribution in [-0.4, -0.2) is 29.4 Å². The number of hydrogen-bond acceptors (Lipinski definition) is 5. The molecule has 1 saturated heterocycles. The van der Waals surface area contributed by atoms with Gasteiger partial charge >= 0.3 is 0 Å². The van der Waals surface area contributed by atoms with Crippen molar-refractivity contribution >= 4 is 22.9 Å². The first kappa shape index (κ1) is 16.5. The van der Waals surface area contributed by atoms with E-state index < -0.39 is 11.3 Å². The van der Waals surface area contributed by atoms with E-state index in [1.165, 1.54) is 0 Å². The summed E-state index contributed by atoms with van der Waals surface area (Å²) in [6.07, 6.45) is 0. The smallest absolute Gasteiger partial charge is 0.196 e. The average Bonchev–Trinajstić information content (AvgIpc) is 3.13. The summed E-state index contributed by atoms with van der Waals surface area (Å²) in [5.41, 5.74) is 2.10. The number of anilines is 2. The number of ketones is 2. The normalized spacial score (nSPS) is 26.2. The third kappa shape index (κ3) is 1.82. The Morgan fingerprint density at radius 2 is 1.52 bits per heavy atom. The minimum absolute atomic E-state index is 0.105. The lowest BCUT2D eigenvalue weighted by Crippen LogP contribution is -2.62. The first-order valence-electron chi connectivity index (χ1n) is 9.24. The minimum atomic E-state index is -0.572. The zero-order valence-electron chi connectivity index (χ0n) is 15.9. The molecule has 2 heterocycles. The molecule has 5 heteroatoms. The second kappa shape index (κ2) is 4.78. The third-order valence-electron chi connectivity index (χ3n) is 6.44. The van der Waals surface area contributed by atoms with E-state index >= 15 is 0 Å². The van der Waals surface area contributed by atoms with E-state index in [0.717, 1.165) is 5.69 Å². The Morgan fingerprint density at radius 1 is 0.852 bits per heavy atom. The van der Waals surface area contributed by atoms with Crippen LogP contribution in [0.25, 0.3) is 0 Å². The predicted molar refractivity (Wildman–Crippen MR) is 104 cm³/mol. The lowest BCUT2D eigenvalue weighted by atomic mass is 9.73. The zero-order valence-corrected chi connectivity index (χ0v) is 15.9. The van der Waals surface area contributed by atoms with Crippen LogP contribution >= 0.6 is 0 Å². The van der Waals surface area contributed by atoms with Gasteiger partial charge in [-0.25, -0.2) is 0 Å². The monoisotopic (exact) mass is 362 g/mol. The van der Waals surface area contributed by atoms with Crippen LogP contribution in [0.2, 0.25) is 0 Å². The quantitative estimate of drug-likeness (QED) is 0.636. The van der Waals surface area contributed by atoms with Gasteiger partial charge in [-0.3, -0.25) is 9.59 Å².